The van der Waals surface area contributed by atoms with Crippen LogP contribution in [0.3, 0.4) is 0 Å². The molecule has 0 saturated carbocycles. The molecular formula is C14H21ClN4O. The van der Waals surface area contributed by atoms with Crippen LogP contribution in [0.15, 0.2) is 6.20 Å². The van der Waals surface area contributed by atoms with E-state index in [1.807, 2.05) is 6.92 Å². The van der Waals surface area contributed by atoms with Gasteiger partial charge < -0.3 is 14.5 Å². The van der Waals surface area contributed by atoms with Gasteiger partial charge in [0.1, 0.15) is 10.8 Å². The van der Waals surface area contributed by atoms with Crippen molar-refractivity contribution in [2.45, 2.75) is 25.4 Å². The lowest BCUT2D eigenvalue weighted by Crippen LogP contribution is -2.56. The van der Waals surface area contributed by atoms with E-state index in [1.54, 1.807) is 6.20 Å². The molecule has 0 amide bonds. The van der Waals surface area contributed by atoms with Crippen LogP contribution in [0, 0.1) is 6.92 Å². The number of anilines is 1. The largest absolute Gasteiger partial charge is 0.371 e. The number of ether oxygens (including phenoxy) is 1. The Bertz CT molecular complexity index is 488. The predicted octanol–water partition coefficient (Wildman–Crippen LogP) is 1.74. The molecule has 0 unspecified atom stereocenters. The van der Waals surface area contributed by atoms with Gasteiger partial charge in [-0.25, -0.2) is 9.97 Å². The third kappa shape index (κ3) is 2.75. The molecular weight excluding hydrogens is 276 g/mol. The molecule has 5 nitrogen and oxygen atoms in total. The van der Waals surface area contributed by atoms with E-state index in [0.717, 1.165) is 57.3 Å². The van der Waals surface area contributed by atoms with Crippen molar-refractivity contribution < 1.29 is 4.74 Å². The number of hydrogen-bond donors (Lipinski definition) is 0. The van der Waals surface area contributed by atoms with Crippen LogP contribution in [-0.2, 0) is 4.74 Å². The first kappa shape index (κ1) is 14.0. The Morgan fingerprint density at radius 2 is 2.05 bits per heavy atom. The van der Waals surface area contributed by atoms with Gasteiger partial charge in [0.05, 0.1) is 18.4 Å². The number of halogens is 1. The third-order valence-corrected chi connectivity index (χ3v) is 4.56. The summed E-state index contributed by atoms with van der Waals surface area (Å²) in [4.78, 5) is 13.3. The maximum Gasteiger partial charge on any atom is 0.151 e. The van der Waals surface area contributed by atoms with Gasteiger partial charge in [-0.1, -0.05) is 11.6 Å². The van der Waals surface area contributed by atoms with Crippen LogP contribution in [0.5, 0.6) is 0 Å². The van der Waals surface area contributed by atoms with Gasteiger partial charge in [-0.2, -0.15) is 0 Å². The average Bonchev–Trinajstić information content (AvgIpc) is 2.45. The highest BCUT2D eigenvalue weighted by molar-refractivity contribution is 6.32. The molecule has 0 bridgehead atoms. The molecule has 0 N–H and O–H groups in total. The first-order valence-electron chi connectivity index (χ1n) is 7.15. The van der Waals surface area contributed by atoms with Crippen molar-refractivity contribution in [3.63, 3.8) is 0 Å². The summed E-state index contributed by atoms with van der Waals surface area (Å²) >= 11 is 6.26. The Balaban J connectivity index is 1.79. The van der Waals surface area contributed by atoms with Crippen molar-refractivity contribution in [3.05, 3.63) is 17.0 Å². The number of hydrogen-bond acceptors (Lipinski definition) is 5. The maximum absolute atomic E-state index is 6.26. The third-order valence-electron chi connectivity index (χ3n) is 4.29. The van der Waals surface area contributed by atoms with E-state index < -0.39 is 0 Å². The van der Waals surface area contributed by atoms with Crippen LogP contribution in [0.1, 0.15) is 18.7 Å². The molecule has 1 spiro atoms. The van der Waals surface area contributed by atoms with Crippen LogP contribution in [0.25, 0.3) is 0 Å². The topological polar surface area (TPSA) is 41.5 Å². The smallest absolute Gasteiger partial charge is 0.151 e. The standard InChI is InChI=1S/C14H21ClN4O/c1-11-16-9-12(15)13(17-11)19-7-8-20-14(10-19)3-5-18(2)6-4-14/h9H,3-8,10H2,1-2H3. The van der Waals surface area contributed by atoms with Gasteiger partial charge in [0.2, 0.25) is 0 Å². The number of nitrogens with zero attached hydrogens (tertiary/aromatic N) is 4. The molecule has 3 rings (SSSR count). The van der Waals surface area contributed by atoms with Crippen LogP contribution in [0.2, 0.25) is 5.02 Å². The Morgan fingerprint density at radius 1 is 1.30 bits per heavy atom. The summed E-state index contributed by atoms with van der Waals surface area (Å²) in [6.07, 6.45) is 3.83. The molecule has 0 radical (unpaired) electrons. The highest BCUT2D eigenvalue weighted by Gasteiger charge is 2.39. The molecule has 6 heteroatoms. The summed E-state index contributed by atoms with van der Waals surface area (Å²) in [6.45, 7) is 6.52. The molecule has 110 valence electrons. The van der Waals surface area contributed by atoms with Gasteiger partial charge in [-0.3, -0.25) is 0 Å². The average molecular weight is 297 g/mol. The van der Waals surface area contributed by atoms with Gasteiger partial charge in [0, 0.05) is 26.2 Å². The van der Waals surface area contributed by atoms with E-state index in [1.165, 1.54) is 0 Å². The Morgan fingerprint density at radius 3 is 2.80 bits per heavy atom. The van der Waals surface area contributed by atoms with Gasteiger partial charge in [-0.05, 0) is 26.8 Å². The molecule has 0 aromatic carbocycles. The number of aryl methyl sites for hydroxylation is 1. The van der Waals surface area contributed by atoms with Crippen LogP contribution in [0.4, 0.5) is 5.82 Å². The molecule has 2 aliphatic rings. The molecule has 20 heavy (non-hydrogen) atoms. The van der Waals surface area contributed by atoms with Crippen molar-refractivity contribution in [2.24, 2.45) is 0 Å². The zero-order valence-electron chi connectivity index (χ0n) is 12.1. The first-order valence-corrected chi connectivity index (χ1v) is 7.52. The second-order valence-electron chi connectivity index (χ2n) is 5.85. The van der Waals surface area contributed by atoms with Crippen LogP contribution in [-0.4, -0.2) is 60.3 Å². The highest BCUT2D eigenvalue weighted by atomic mass is 35.5. The lowest BCUT2D eigenvalue weighted by Gasteiger charge is -2.47. The summed E-state index contributed by atoms with van der Waals surface area (Å²) in [7, 11) is 2.16. The molecule has 2 saturated heterocycles. The van der Waals surface area contributed by atoms with E-state index in [4.69, 9.17) is 16.3 Å². The minimum atomic E-state index is -0.0348. The number of likely N-dealkylation sites (tertiary alicyclic amines) is 1. The summed E-state index contributed by atoms with van der Waals surface area (Å²) in [6, 6.07) is 0. The van der Waals surface area contributed by atoms with Gasteiger partial charge in [0.15, 0.2) is 5.82 Å². The Hall–Kier alpha value is -0.910. The van der Waals surface area contributed by atoms with Gasteiger partial charge in [0.25, 0.3) is 0 Å². The monoisotopic (exact) mass is 296 g/mol. The van der Waals surface area contributed by atoms with E-state index >= 15 is 0 Å². The molecule has 0 aliphatic carbocycles. The molecule has 0 atom stereocenters. The van der Waals surface area contributed by atoms with Crippen molar-refractivity contribution in [1.82, 2.24) is 14.9 Å². The van der Waals surface area contributed by atoms with E-state index in [2.05, 4.69) is 26.8 Å². The fraction of sp³-hybridized carbons (Fsp3) is 0.714. The number of piperidine rings is 1. The minimum Gasteiger partial charge on any atom is -0.371 e. The summed E-state index contributed by atoms with van der Waals surface area (Å²) in [5.41, 5.74) is -0.0348. The Kier molecular flexibility index (Phi) is 3.84. The number of rotatable bonds is 1. The number of morpholine rings is 1. The van der Waals surface area contributed by atoms with E-state index in [-0.39, 0.29) is 5.60 Å². The van der Waals surface area contributed by atoms with Crippen molar-refractivity contribution in [1.29, 1.82) is 0 Å². The van der Waals surface area contributed by atoms with Gasteiger partial charge >= 0.3 is 0 Å². The lowest BCUT2D eigenvalue weighted by molar-refractivity contribution is -0.0884. The molecule has 2 aliphatic heterocycles. The second-order valence-corrected chi connectivity index (χ2v) is 6.25. The van der Waals surface area contributed by atoms with Crippen molar-refractivity contribution in [2.75, 3.05) is 44.7 Å². The van der Waals surface area contributed by atoms with Gasteiger partial charge in [-0.15, -0.1) is 0 Å². The number of aromatic nitrogens is 2. The fourth-order valence-electron chi connectivity index (χ4n) is 3.02. The molecule has 2 fully saturated rings. The first-order chi connectivity index (χ1) is 9.58. The molecule has 3 heterocycles. The molecule has 1 aromatic rings. The highest BCUT2D eigenvalue weighted by Crippen LogP contribution is 2.33. The van der Waals surface area contributed by atoms with Crippen molar-refractivity contribution >= 4 is 17.4 Å². The summed E-state index contributed by atoms with van der Waals surface area (Å²) < 4.78 is 6.12. The van der Waals surface area contributed by atoms with Crippen LogP contribution < -0.4 is 4.90 Å². The van der Waals surface area contributed by atoms with Crippen LogP contribution >= 0.6 is 11.6 Å². The zero-order chi connectivity index (χ0) is 14.2. The predicted molar refractivity (Wildman–Crippen MR) is 79.4 cm³/mol. The molecule has 1 aromatic heterocycles. The quantitative estimate of drug-likeness (QED) is 0.789. The second kappa shape index (κ2) is 5.47. The van der Waals surface area contributed by atoms with E-state index in [9.17, 15) is 0 Å². The Labute approximate surface area is 124 Å². The normalized spacial score (nSPS) is 23.2. The zero-order valence-corrected chi connectivity index (χ0v) is 12.9. The lowest BCUT2D eigenvalue weighted by atomic mass is 9.89. The SMILES string of the molecule is Cc1ncc(Cl)c(N2CCOC3(CCN(C)CC3)C2)n1. The summed E-state index contributed by atoms with van der Waals surface area (Å²) in [5.74, 6) is 1.61. The van der Waals surface area contributed by atoms with E-state index in [0.29, 0.717) is 5.02 Å². The minimum absolute atomic E-state index is 0.0348. The van der Waals surface area contributed by atoms with Crippen molar-refractivity contribution in [3.8, 4) is 0 Å². The summed E-state index contributed by atoms with van der Waals surface area (Å²) in [5, 5.41) is 0.626. The fourth-order valence-corrected chi connectivity index (χ4v) is 3.23. The maximum atomic E-state index is 6.26.